The van der Waals surface area contributed by atoms with Gasteiger partial charge in [0.2, 0.25) is 0 Å². The second kappa shape index (κ2) is 6.69. The molecule has 2 nitrogen and oxygen atoms in total. The lowest BCUT2D eigenvalue weighted by molar-refractivity contribution is 0.404. The molecule has 0 fully saturated rings. The number of hydrogen-bond donors (Lipinski definition) is 1. The molecule has 0 aliphatic rings. The maximum atomic E-state index is 6.13. The highest BCUT2D eigenvalue weighted by Crippen LogP contribution is 2.35. The first-order valence-corrected chi connectivity index (χ1v) is 7.50. The van der Waals surface area contributed by atoms with Gasteiger partial charge >= 0.3 is 0 Å². The summed E-state index contributed by atoms with van der Waals surface area (Å²) in [5.41, 5.74) is 4.46. The van der Waals surface area contributed by atoms with Crippen LogP contribution in [0.1, 0.15) is 28.3 Å². The van der Waals surface area contributed by atoms with Crippen LogP contribution in [0, 0.1) is 13.8 Å². The van der Waals surface area contributed by atoms with E-state index in [1.807, 2.05) is 25.2 Å². The first kappa shape index (κ1) is 16.2. The summed E-state index contributed by atoms with van der Waals surface area (Å²) in [6.45, 7) is 4.14. The van der Waals surface area contributed by atoms with Crippen molar-refractivity contribution in [2.24, 2.45) is 0 Å². The first-order chi connectivity index (χ1) is 9.96. The number of aryl methyl sites for hydroxylation is 2. The molecule has 1 N–H and O–H groups in total. The maximum absolute atomic E-state index is 6.13. The molecule has 0 saturated carbocycles. The smallest absolute Gasteiger partial charge is 0.124 e. The Morgan fingerprint density at radius 3 is 2.14 bits per heavy atom. The lowest BCUT2D eigenvalue weighted by Gasteiger charge is -2.23. The van der Waals surface area contributed by atoms with Gasteiger partial charge in [-0.15, -0.1) is 0 Å². The lowest BCUT2D eigenvalue weighted by Crippen LogP contribution is -2.19. The van der Waals surface area contributed by atoms with Gasteiger partial charge in [-0.25, -0.2) is 0 Å². The van der Waals surface area contributed by atoms with Crippen molar-refractivity contribution < 1.29 is 4.74 Å². The van der Waals surface area contributed by atoms with Gasteiger partial charge in [0, 0.05) is 15.6 Å². The fraction of sp³-hybridized carbons (Fsp3) is 0.294. The predicted octanol–water partition coefficient (Wildman–Crippen LogP) is 4.93. The van der Waals surface area contributed by atoms with Crippen molar-refractivity contribution in [2.75, 3.05) is 14.2 Å². The molecule has 112 valence electrons. The van der Waals surface area contributed by atoms with E-state index in [9.17, 15) is 0 Å². The van der Waals surface area contributed by atoms with Crippen LogP contribution in [0.5, 0.6) is 5.75 Å². The van der Waals surface area contributed by atoms with E-state index in [1.54, 1.807) is 13.2 Å². The average Bonchev–Trinajstić information content (AvgIpc) is 2.40. The standard InChI is InChI=1S/C17H19Cl2NO/c1-10-5-11(2)16(15(6-10)21-4)17(20-3)12-7-13(18)9-14(19)8-12/h5-9,17,20H,1-4H3. The van der Waals surface area contributed by atoms with E-state index >= 15 is 0 Å². The minimum Gasteiger partial charge on any atom is -0.496 e. The van der Waals surface area contributed by atoms with Crippen molar-refractivity contribution in [1.29, 1.82) is 0 Å². The highest BCUT2D eigenvalue weighted by atomic mass is 35.5. The van der Waals surface area contributed by atoms with E-state index in [-0.39, 0.29) is 6.04 Å². The zero-order chi connectivity index (χ0) is 15.6. The van der Waals surface area contributed by atoms with Crippen molar-refractivity contribution in [2.45, 2.75) is 19.9 Å². The normalized spacial score (nSPS) is 12.3. The molecule has 0 radical (unpaired) electrons. The van der Waals surface area contributed by atoms with Crippen LogP contribution in [0.25, 0.3) is 0 Å². The summed E-state index contributed by atoms with van der Waals surface area (Å²) in [6.07, 6.45) is 0. The van der Waals surface area contributed by atoms with Crippen LogP contribution in [-0.2, 0) is 0 Å². The zero-order valence-corrected chi connectivity index (χ0v) is 14.1. The van der Waals surface area contributed by atoms with E-state index < -0.39 is 0 Å². The number of rotatable bonds is 4. The van der Waals surface area contributed by atoms with Gasteiger partial charge in [0.1, 0.15) is 5.75 Å². The second-order valence-electron chi connectivity index (χ2n) is 5.12. The van der Waals surface area contributed by atoms with E-state index in [1.165, 1.54) is 11.1 Å². The molecular formula is C17H19Cl2NO. The van der Waals surface area contributed by atoms with Gasteiger partial charge in [0.25, 0.3) is 0 Å². The minimum absolute atomic E-state index is 0.0308. The first-order valence-electron chi connectivity index (χ1n) is 6.74. The summed E-state index contributed by atoms with van der Waals surface area (Å²) in [7, 11) is 3.60. The van der Waals surface area contributed by atoms with Crippen LogP contribution >= 0.6 is 23.2 Å². The molecule has 1 unspecified atom stereocenters. The topological polar surface area (TPSA) is 21.3 Å². The third-order valence-corrected chi connectivity index (χ3v) is 3.95. The van der Waals surface area contributed by atoms with Crippen LogP contribution in [-0.4, -0.2) is 14.2 Å². The van der Waals surface area contributed by atoms with Crippen LogP contribution in [0.2, 0.25) is 10.0 Å². The molecule has 0 amide bonds. The summed E-state index contributed by atoms with van der Waals surface area (Å²) in [5, 5.41) is 4.58. The van der Waals surface area contributed by atoms with Crippen LogP contribution < -0.4 is 10.1 Å². The third-order valence-electron chi connectivity index (χ3n) is 3.51. The quantitative estimate of drug-likeness (QED) is 0.861. The molecule has 2 aromatic carbocycles. The Hall–Kier alpha value is -1.22. The van der Waals surface area contributed by atoms with Gasteiger partial charge in [0.05, 0.1) is 13.2 Å². The van der Waals surface area contributed by atoms with Gasteiger partial charge in [0.15, 0.2) is 0 Å². The SMILES string of the molecule is CNC(c1cc(Cl)cc(Cl)c1)c1c(C)cc(C)cc1OC. The third kappa shape index (κ3) is 3.52. The van der Waals surface area contributed by atoms with Gasteiger partial charge in [-0.05, 0) is 61.9 Å². The van der Waals surface area contributed by atoms with E-state index in [0.717, 1.165) is 16.9 Å². The molecule has 1 atom stereocenters. The fourth-order valence-corrected chi connectivity index (χ4v) is 3.24. The molecule has 0 aliphatic heterocycles. The summed E-state index contributed by atoms with van der Waals surface area (Å²) in [4.78, 5) is 0. The molecule has 21 heavy (non-hydrogen) atoms. The summed E-state index contributed by atoms with van der Waals surface area (Å²) >= 11 is 12.3. The Kier molecular flexibility index (Phi) is 5.15. The Labute approximate surface area is 136 Å². The number of ether oxygens (including phenoxy) is 1. The van der Waals surface area contributed by atoms with Crippen molar-refractivity contribution in [3.8, 4) is 5.75 Å². The Balaban J connectivity index is 2.61. The Morgan fingerprint density at radius 1 is 1.00 bits per heavy atom. The molecule has 4 heteroatoms. The van der Waals surface area contributed by atoms with Gasteiger partial charge < -0.3 is 10.1 Å². The summed E-state index contributed by atoms with van der Waals surface area (Å²) in [5.74, 6) is 0.864. The number of benzene rings is 2. The van der Waals surface area contributed by atoms with Crippen molar-refractivity contribution in [3.05, 3.63) is 62.6 Å². The molecule has 0 aromatic heterocycles. The Morgan fingerprint density at radius 2 is 1.62 bits per heavy atom. The maximum Gasteiger partial charge on any atom is 0.124 e. The highest BCUT2D eigenvalue weighted by Gasteiger charge is 2.20. The number of methoxy groups -OCH3 is 1. The van der Waals surface area contributed by atoms with Gasteiger partial charge in [-0.1, -0.05) is 29.3 Å². The number of halogens is 2. The van der Waals surface area contributed by atoms with Crippen molar-refractivity contribution in [1.82, 2.24) is 5.32 Å². The molecule has 0 saturated heterocycles. The lowest BCUT2D eigenvalue weighted by atomic mass is 9.93. The zero-order valence-electron chi connectivity index (χ0n) is 12.6. The van der Waals surface area contributed by atoms with E-state index in [0.29, 0.717) is 10.0 Å². The molecule has 2 rings (SSSR count). The Bertz CT molecular complexity index is 635. The fourth-order valence-electron chi connectivity index (χ4n) is 2.70. The monoisotopic (exact) mass is 323 g/mol. The van der Waals surface area contributed by atoms with Crippen LogP contribution in [0.15, 0.2) is 30.3 Å². The second-order valence-corrected chi connectivity index (χ2v) is 6.00. The van der Waals surface area contributed by atoms with Crippen LogP contribution in [0.3, 0.4) is 0 Å². The predicted molar refractivity (Wildman–Crippen MR) is 89.8 cm³/mol. The molecular weight excluding hydrogens is 305 g/mol. The molecule has 0 spiro atoms. The van der Waals surface area contributed by atoms with Crippen LogP contribution in [0.4, 0.5) is 0 Å². The molecule has 0 bridgehead atoms. The minimum atomic E-state index is -0.0308. The van der Waals surface area contributed by atoms with Crippen molar-refractivity contribution in [3.63, 3.8) is 0 Å². The largest absolute Gasteiger partial charge is 0.496 e. The molecule has 0 heterocycles. The molecule has 0 aliphatic carbocycles. The van der Waals surface area contributed by atoms with E-state index in [4.69, 9.17) is 27.9 Å². The number of nitrogens with one attached hydrogen (secondary N) is 1. The van der Waals surface area contributed by atoms with E-state index in [2.05, 4.69) is 25.2 Å². The summed E-state index contributed by atoms with van der Waals surface area (Å²) in [6, 6.07) is 9.74. The average molecular weight is 324 g/mol. The highest BCUT2D eigenvalue weighted by molar-refractivity contribution is 6.34. The number of hydrogen-bond acceptors (Lipinski definition) is 2. The van der Waals surface area contributed by atoms with Crippen molar-refractivity contribution >= 4 is 23.2 Å². The van der Waals surface area contributed by atoms with Gasteiger partial charge in [-0.3, -0.25) is 0 Å². The summed E-state index contributed by atoms with van der Waals surface area (Å²) < 4.78 is 5.57. The van der Waals surface area contributed by atoms with Gasteiger partial charge in [-0.2, -0.15) is 0 Å². The molecule has 2 aromatic rings.